The third-order valence-electron chi connectivity index (χ3n) is 4.57. The molecule has 1 aliphatic heterocycles. The van der Waals surface area contributed by atoms with Gasteiger partial charge in [-0.2, -0.15) is 0 Å². The minimum Gasteiger partial charge on any atom is -0.317 e. The van der Waals surface area contributed by atoms with E-state index in [9.17, 15) is 0 Å². The summed E-state index contributed by atoms with van der Waals surface area (Å²) in [5, 5.41) is 3.46. The summed E-state index contributed by atoms with van der Waals surface area (Å²) in [6.07, 6.45) is 8.31. The summed E-state index contributed by atoms with van der Waals surface area (Å²) in [5.41, 5.74) is 3.31. The number of hydrogen-bond donors (Lipinski definition) is 1. The summed E-state index contributed by atoms with van der Waals surface area (Å²) in [6.45, 7) is 2.44. The summed E-state index contributed by atoms with van der Waals surface area (Å²) in [5.74, 6) is 1.80. The van der Waals surface area contributed by atoms with Gasteiger partial charge in [0, 0.05) is 0 Å². The first-order valence-electron chi connectivity index (χ1n) is 7.22. The Morgan fingerprint density at radius 2 is 1.76 bits per heavy atom. The van der Waals surface area contributed by atoms with E-state index in [-0.39, 0.29) is 0 Å². The molecule has 1 saturated carbocycles. The largest absolute Gasteiger partial charge is 0.317 e. The van der Waals surface area contributed by atoms with Crippen molar-refractivity contribution in [2.75, 3.05) is 13.1 Å². The fourth-order valence-corrected chi connectivity index (χ4v) is 3.23. The van der Waals surface area contributed by atoms with Gasteiger partial charge in [0.15, 0.2) is 0 Å². The molecule has 1 aromatic carbocycles. The van der Waals surface area contributed by atoms with E-state index in [2.05, 4.69) is 29.6 Å². The van der Waals surface area contributed by atoms with Gasteiger partial charge < -0.3 is 5.32 Å². The van der Waals surface area contributed by atoms with Crippen LogP contribution < -0.4 is 5.32 Å². The van der Waals surface area contributed by atoms with Crippen molar-refractivity contribution >= 4 is 0 Å². The van der Waals surface area contributed by atoms with Crippen molar-refractivity contribution in [3.8, 4) is 0 Å². The van der Waals surface area contributed by atoms with Gasteiger partial charge >= 0.3 is 0 Å². The molecule has 0 spiro atoms. The van der Waals surface area contributed by atoms with E-state index in [1.54, 1.807) is 11.1 Å². The molecule has 0 aromatic heterocycles. The summed E-state index contributed by atoms with van der Waals surface area (Å²) in [4.78, 5) is 0. The molecule has 0 unspecified atom stereocenters. The Hall–Kier alpha value is -0.820. The third-order valence-corrected chi connectivity index (χ3v) is 4.57. The summed E-state index contributed by atoms with van der Waals surface area (Å²) < 4.78 is 0. The van der Waals surface area contributed by atoms with E-state index in [0.29, 0.717) is 0 Å². The van der Waals surface area contributed by atoms with Gasteiger partial charge in [0.25, 0.3) is 0 Å². The van der Waals surface area contributed by atoms with Crippen molar-refractivity contribution in [3.05, 3.63) is 35.4 Å². The first-order chi connectivity index (χ1) is 8.43. The van der Waals surface area contributed by atoms with E-state index >= 15 is 0 Å². The topological polar surface area (TPSA) is 12.0 Å². The van der Waals surface area contributed by atoms with Gasteiger partial charge in [-0.1, -0.05) is 30.7 Å². The van der Waals surface area contributed by atoms with E-state index in [1.807, 2.05) is 0 Å². The molecule has 1 N–H and O–H groups in total. The molecule has 1 aromatic rings. The first kappa shape index (κ1) is 11.3. The van der Waals surface area contributed by atoms with Crippen molar-refractivity contribution in [2.45, 2.75) is 44.4 Å². The molecule has 1 heteroatoms. The van der Waals surface area contributed by atoms with Crippen LogP contribution in [0.15, 0.2) is 24.3 Å². The van der Waals surface area contributed by atoms with Crippen LogP contribution in [0.2, 0.25) is 0 Å². The molecule has 2 aliphatic rings. The Balaban J connectivity index is 1.72. The molecule has 0 bridgehead atoms. The van der Waals surface area contributed by atoms with Crippen LogP contribution in [0.25, 0.3) is 0 Å². The predicted octanol–water partition coefficient (Wildman–Crippen LogP) is 3.50. The molecular weight excluding hydrogens is 206 g/mol. The monoisotopic (exact) mass is 229 g/mol. The van der Waals surface area contributed by atoms with Crippen molar-refractivity contribution in [1.29, 1.82) is 0 Å². The highest BCUT2D eigenvalue weighted by Crippen LogP contribution is 2.38. The molecule has 92 valence electrons. The van der Waals surface area contributed by atoms with Crippen molar-refractivity contribution in [3.63, 3.8) is 0 Å². The highest BCUT2D eigenvalue weighted by molar-refractivity contribution is 5.32. The number of benzene rings is 1. The van der Waals surface area contributed by atoms with Gasteiger partial charge in [0.2, 0.25) is 0 Å². The maximum atomic E-state index is 3.46. The smallest absolute Gasteiger partial charge is 0.00462 e. The van der Waals surface area contributed by atoms with Gasteiger partial charge in [-0.25, -0.2) is 0 Å². The van der Waals surface area contributed by atoms with Crippen molar-refractivity contribution in [2.24, 2.45) is 5.92 Å². The molecule has 1 nitrogen and oxygen atoms in total. The van der Waals surface area contributed by atoms with Crippen LogP contribution >= 0.6 is 0 Å². The molecular formula is C16H23N. The Morgan fingerprint density at radius 1 is 1.00 bits per heavy atom. The summed E-state index contributed by atoms with van der Waals surface area (Å²) >= 11 is 0. The van der Waals surface area contributed by atoms with Crippen molar-refractivity contribution in [1.82, 2.24) is 5.32 Å². The second-order valence-corrected chi connectivity index (χ2v) is 5.72. The average molecular weight is 229 g/mol. The zero-order chi connectivity index (χ0) is 11.5. The number of rotatable bonds is 3. The zero-order valence-electron chi connectivity index (χ0n) is 10.6. The van der Waals surface area contributed by atoms with Gasteiger partial charge in [0.1, 0.15) is 0 Å². The molecule has 1 aliphatic carbocycles. The maximum absolute atomic E-state index is 3.46. The number of nitrogens with one attached hydrogen (secondary N) is 1. The highest BCUT2D eigenvalue weighted by Gasteiger charge is 2.23. The molecule has 1 heterocycles. The van der Waals surface area contributed by atoms with E-state index in [0.717, 1.165) is 11.8 Å². The Morgan fingerprint density at radius 3 is 2.47 bits per heavy atom. The molecule has 0 radical (unpaired) electrons. The van der Waals surface area contributed by atoms with Crippen LogP contribution in [0.3, 0.4) is 0 Å². The molecule has 0 atom stereocenters. The Kier molecular flexibility index (Phi) is 3.46. The second-order valence-electron chi connectivity index (χ2n) is 5.72. The van der Waals surface area contributed by atoms with E-state index in [1.165, 1.54) is 51.6 Å². The van der Waals surface area contributed by atoms with Gasteiger partial charge in [-0.15, -0.1) is 0 Å². The van der Waals surface area contributed by atoms with Crippen LogP contribution in [0.4, 0.5) is 0 Å². The molecule has 3 rings (SSSR count). The maximum Gasteiger partial charge on any atom is -0.00462 e. The fraction of sp³-hybridized carbons (Fsp3) is 0.625. The average Bonchev–Trinajstić information content (AvgIpc) is 2.31. The van der Waals surface area contributed by atoms with Crippen LogP contribution in [0.5, 0.6) is 0 Å². The number of hydrogen-bond acceptors (Lipinski definition) is 1. The van der Waals surface area contributed by atoms with Crippen LogP contribution in [-0.2, 0) is 6.42 Å². The lowest BCUT2D eigenvalue weighted by Gasteiger charge is -2.30. The summed E-state index contributed by atoms with van der Waals surface area (Å²) in [6, 6.07) is 9.19. The van der Waals surface area contributed by atoms with Gasteiger partial charge in [-0.3, -0.25) is 0 Å². The zero-order valence-corrected chi connectivity index (χ0v) is 10.6. The highest BCUT2D eigenvalue weighted by atomic mass is 14.9. The molecule has 2 fully saturated rings. The molecule has 17 heavy (non-hydrogen) atoms. The quantitative estimate of drug-likeness (QED) is 0.836. The minimum absolute atomic E-state index is 0.882. The fourth-order valence-electron chi connectivity index (χ4n) is 3.23. The van der Waals surface area contributed by atoms with E-state index in [4.69, 9.17) is 0 Å². The molecule has 0 amide bonds. The lowest BCUT2D eigenvalue weighted by molar-refractivity contribution is 0.367. The van der Waals surface area contributed by atoms with Gasteiger partial charge in [-0.05, 0) is 68.2 Å². The Bertz CT molecular complexity index is 362. The van der Waals surface area contributed by atoms with Crippen LogP contribution in [-0.4, -0.2) is 13.1 Å². The lowest BCUT2D eigenvalue weighted by atomic mass is 9.76. The summed E-state index contributed by atoms with van der Waals surface area (Å²) in [7, 11) is 0. The second kappa shape index (κ2) is 5.22. The van der Waals surface area contributed by atoms with Gasteiger partial charge in [0.05, 0.1) is 0 Å². The van der Waals surface area contributed by atoms with Crippen LogP contribution in [0, 0.1) is 5.92 Å². The SMILES string of the molecule is c1ccc(C2CCC2)c(CC2CCNCC2)c1. The number of piperidine rings is 1. The third kappa shape index (κ3) is 2.55. The van der Waals surface area contributed by atoms with Crippen molar-refractivity contribution < 1.29 is 0 Å². The minimum atomic E-state index is 0.882. The first-order valence-corrected chi connectivity index (χ1v) is 7.22. The lowest BCUT2D eigenvalue weighted by Crippen LogP contribution is -2.29. The standard InChI is InChI=1S/C16H23N/c1-2-7-16(14-5-3-6-14)15(4-1)12-13-8-10-17-11-9-13/h1-2,4,7,13-14,17H,3,5-6,8-12H2. The van der Waals surface area contributed by atoms with E-state index < -0.39 is 0 Å². The molecule has 1 saturated heterocycles. The Labute approximate surface area is 105 Å². The predicted molar refractivity (Wildman–Crippen MR) is 72.3 cm³/mol. The van der Waals surface area contributed by atoms with Crippen LogP contribution in [0.1, 0.15) is 49.1 Å². The normalized spacial score (nSPS) is 22.4.